The van der Waals surface area contributed by atoms with Crippen molar-refractivity contribution in [2.75, 3.05) is 32.8 Å². The number of aromatic nitrogens is 2. The van der Waals surface area contributed by atoms with Crippen LogP contribution < -0.4 is 0 Å². The third kappa shape index (κ3) is 5.00. The monoisotopic (exact) mass is 454 g/mol. The second-order valence-corrected chi connectivity index (χ2v) is 8.40. The maximum atomic E-state index is 12.6. The minimum atomic E-state index is -0.520. The first-order valence-electron chi connectivity index (χ1n) is 11.4. The van der Waals surface area contributed by atoms with Gasteiger partial charge in [-0.2, -0.15) is 0 Å². The van der Waals surface area contributed by atoms with E-state index in [0.717, 1.165) is 42.1 Å². The number of hydrogen-bond donors (Lipinski definition) is 1. The number of fused-ring (bicyclic) bond motifs is 1. The van der Waals surface area contributed by atoms with E-state index in [9.17, 15) is 9.59 Å². The third-order valence-electron chi connectivity index (χ3n) is 6.07. The van der Waals surface area contributed by atoms with Gasteiger partial charge in [-0.15, -0.1) is 0 Å². The molecule has 0 saturated carbocycles. The van der Waals surface area contributed by atoms with Crippen molar-refractivity contribution in [2.24, 2.45) is 0 Å². The van der Waals surface area contributed by atoms with E-state index in [4.69, 9.17) is 4.74 Å². The van der Waals surface area contributed by atoms with Crippen molar-refractivity contribution in [3.8, 4) is 11.4 Å². The highest BCUT2D eigenvalue weighted by Gasteiger charge is 2.22. The van der Waals surface area contributed by atoms with Gasteiger partial charge in [-0.05, 0) is 23.8 Å². The maximum Gasteiger partial charge on any atom is 0.338 e. The van der Waals surface area contributed by atoms with E-state index in [2.05, 4.69) is 27.0 Å². The molecule has 1 amide bonds. The van der Waals surface area contributed by atoms with Gasteiger partial charge < -0.3 is 14.6 Å². The van der Waals surface area contributed by atoms with Gasteiger partial charge in [0.2, 0.25) is 0 Å². The summed E-state index contributed by atoms with van der Waals surface area (Å²) in [6.07, 6.45) is 0. The molecule has 0 aliphatic carbocycles. The predicted molar refractivity (Wildman–Crippen MR) is 130 cm³/mol. The van der Waals surface area contributed by atoms with Crippen molar-refractivity contribution >= 4 is 22.9 Å². The molecule has 7 heteroatoms. The minimum absolute atomic E-state index is 0.165. The summed E-state index contributed by atoms with van der Waals surface area (Å²) in [5.74, 6) is 0.0539. The van der Waals surface area contributed by atoms with Gasteiger partial charge in [0.05, 0.1) is 16.6 Å². The average Bonchev–Trinajstić information content (AvgIpc) is 3.32. The molecular weight excluding hydrogens is 428 g/mol. The molecule has 1 saturated heterocycles. The van der Waals surface area contributed by atoms with E-state index in [1.165, 1.54) is 5.56 Å². The van der Waals surface area contributed by atoms with Crippen LogP contribution in [0.4, 0.5) is 0 Å². The largest absolute Gasteiger partial charge is 0.452 e. The molecule has 1 aliphatic rings. The number of carbonyl (C=O) groups excluding carboxylic acids is 2. The fraction of sp³-hybridized carbons (Fsp3) is 0.222. The van der Waals surface area contributed by atoms with Gasteiger partial charge >= 0.3 is 5.97 Å². The lowest BCUT2D eigenvalue weighted by Crippen LogP contribution is -2.49. The zero-order valence-corrected chi connectivity index (χ0v) is 18.8. The van der Waals surface area contributed by atoms with Crippen molar-refractivity contribution in [1.29, 1.82) is 0 Å². The number of ether oxygens (including phenoxy) is 1. The van der Waals surface area contributed by atoms with E-state index in [0.29, 0.717) is 18.7 Å². The van der Waals surface area contributed by atoms with Gasteiger partial charge in [-0.3, -0.25) is 9.69 Å². The van der Waals surface area contributed by atoms with Crippen LogP contribution in [0.25, 0.3) is 22.4 Å². The van der Waals surface area contributed by atoms with Crippen LogP contribution in [0.15, 0.2) is 78.9 Å². The molecule has 2 heterocycles. The molecule has 0 unspecified atom stereocenters. The molecule has 0 radical (unpaired) electrons. The first-order chi connectivity index (χ1) is 16.7. The Bertz CT molecular complexity index is 1280. The van der Waals surface area contributed by atoms with Crippen LogP contribution in [-0.4, -0.2) is 64.4 Å². The molecular formula is C27H26N4O3. The van der Waals surface area contributed by atoms with Gasteiger partial charge in [-0.25, -0.2) is 9.78 Å². The Morgan fingerprint density at radius 1 is 0.882 bits per heavy atom. The first kappa shape index (κ1) is 21.9. The number of hydrogen-bond acceptors (Lipinski definition) is 5. The van der Waals surface area contributed by atoms with Crippen LogP contribution in [-0.2, 0) is 16.1 Å². The Kier molecular flexibility index (Phi) is 6.35. The van der Waals surface area contributed by atoms with Gasteiger partial charge in [-0.1, -0.05) is 60.7 Å². The minimum Gasteiger partial charge on any atom is -0.452 e. The van der Waals surface area contributed by atoms with E-state index >= 15 is 0 Å². The van der Waals surface area contributed by atoms with E-state index in [1.807, 2.05) is 48.5 Å². The molecule has 0 bridgehead atoms. The number of nitrogens with zero attached hydrogens (tertiary/aromatic N) is 3. The Hall–Kier alpha value is -3.97. The smallest absolute Gasteiger partial charge is 0.338 e. The second-order valence-electron chi connectivity index (χ2n) is 8.40. The van der Waals surface area contributed by atoms with E-state index < -0.39 is 5.97 Å². The van der Waals surface area contributed by atoms with Crippen molar-refractivity contribution < 1.29 is 14.3 Å². The second kappa shape index (κ2) is 9.89. The highest BCUT2D eigenvalue weighted by molar-refractivity contribution is 5.95. The summed E-state index contributed by atoms with van der Waals surface area (Å²) in [6, 6.07) is 25.3. The van der Waals surface area contributed by atoms with Crippen molar-refractivity contribution in [3.63, 3.8) is 0 Å². The molecule has 7 nitrogen and oxygen atoms in total. The number of benzene rings is 3. The quantitative estimate of drug-likeness (QED) is 0.449. The third-order valence-corrected chi connectivity index (χ3v) is 6.07. The molecule has 1 fully saturated rings. The fourth-order valence-corrected chi connectivity index (χ4v) is 4.17. The Balaban J connectivity index is 1.14. The molecule has 0 spiro atoms. The fourth-order valence-electron chi connectivity index (χ4n) is 4.17. The standard InChI is InChI=1S/C27H26N4O3/c32-25(31-15-13-30(14-16-31)18-20-7-3-1-4-8-20)19-34-27(33)22-11-12-23-24(17-22)29-26(28-23)21-9-5-2-6-10-21/h1-12,17H,13-16,18-19H2,(H,28,29). The van der Waals surface area contributed by atoms with Crippen LogP contribution >= 0.6 is 0 Å². The van der Waals surface area contributed by atoms with Gasteiger partial charge in [0.25, 0.3) is 5.91 Å². The lowest BCUT2D eigenvalue weighted by Gasteiger charge is -2.34. The number of carbonyl (C=O) groups is 2. The molecule has 34 heavy (non-hydrogen) atoms. The van der Waals surface area contributed by atoms with Crippen molar-refractivity contribution in [2.45, 2.75) is 6.54 Å². The molecule has 1 N–H and O–H groups in total. The molecule has 1 aliphatic heterocycles. The molecule has 4 aromatic rings. The summed E-state index contributed by atoms with van der Waals surface area (Å²) in [5.41, 5.74) is 4.13. The summed E-state index contributed by atoms with van der Waals surface area (Å²) in [6.45, 7) is 3.48. The Morgan fingerprint density at radius 2 is 1.59 bits per heavy atom. The Labute approximate surface area is 198 Å². The molecule has 0 atom stereocenters. The summed E-state index contributed by atoms with van der Waals surface area (Å²) < 4.78 is 5.33. The number of nitrogens with one attached hydrogen (secondary N) is 1. The molecule has 3 aromatic carbocycles. The molecule has 172 valence electrons. The molecule has 1 aromatic heterocycles. The van der Waals surface area contributed by atoms with Gasteiger partial charge in [0.15, 0.2) is 6.61 Å². The Morgan fingerprint density at radius 3 is 2.32 bits per heavy atom. The topological polar surface area (TPSA) is 78.5 Å². The summed E-state index contributed by atoms with van der Waals surface area (Å²) >= 11 is 0. The number of esters is 1. The van der Waals surface area contributed by atoms with Crippen LogP contribution in [0.2, 0.25) is 0 Å². The summed E-state index contributed by atoms with van der Waals surface area (Å²) in [4.78, 5) is 37.1. The van der Waals surface area contributed by atoms with Crippen molar-refractivity contribution in [1.82, 2.24) is 19.8 Å². The zero-order valence-electron chi connectivity index (χ0n) is 18.8. The number of imidazole rings is 1. The number of amides is 1. The summed E-state index contributed by atoms with van der Waals surface area (Å²) in [5, 5.41) is 0. The zero-order chi connectivity index (χ0) is 23.3. The van der Waals surface area contributed by atoms with E-state index in [1.54, 1.807) is 23.1 Å². The predicted octanol–water partition coefficient (Wildman–Crippen LogP) is 3.73. The average molecular weight is 455 g/mol. The van der Waals surface area contributed by atoms with Crippen LogP contribution in [0.1, 0.15) is 15.9 Å². The molecule has 5 rings (SSSR count). The van der Waals surface area contributed by atoms with E-state index in [-0.39, 0.29) is 12.5 Å². The number of piperazine rings is 1. The highest BCUT2D eigenvalue weighted by atomic mass is 16.5. The maximum absolute atomic E-state index is 12.6. The number of rotatable bonds is 6. The lowest BCUT2D eigenvalue weighted by atomic mass is 10.2. The first-order valence-corrected chi connectivity index (χ1v) is 11.4. The van der Waals surface area contributed by atoms with Gasteiger partial charge in [0.1, 0.15) is 5.82 Å². The summed E-state index contributed by atoms with van der Waals surface area (Å²) in [7, 11) is 0. The number of aromatic amines is 1. The normalized spacial score (nSPS) is 14.3. The number of H-pyrrole nitrogens is 1. The van der Waals surface area contributed by atoms with Crippen LogP contribution in [0.3, 0.4) is 0 Å². The van der Waals surface area contributed by atoms with Gasteiger partial charge in [0, 0.05) is 38.3 Å². The highest BCUT2D eigenvalue weighted by Crippen LogP contribution is 2.21. The van der Waals surface area contributed by atoms with Crippen LogP contribution in [0.5, 0.6) is 0 Å². The SMILES string of the molecule is O=C(OCC(=O)N1CCN(Cc2ccccc2)CC1)c1ccc2nc(-c3ccccc3)[nH]c2c1. The lowest BCUT2D eigenvalue weighted by molar-refractivity contribution is -0.136. The van der Waals surface area contributed by atoms with Crippen molar-refractivity contribution in [3.05, 3.63) is 90.0 Å². The van der Waals surface area contributed by atoms with Crippen LogP contribution in [0, 0.1) is 0 Å².